The number of amides is 1. The number of aromatic amines is 1. The van der Waals surface area contributed by atoms with Crippen molar-refractivity contribution in [2.45, 2.75) is 0 Å². The van der Waals surface area contributed by atoms with Crippen LogP contribution < -0.4 is 15.6 Å². The van der Waals surface area contributed by atoms with Crippen molar-refractivity contribution < 1.29 is 18.3 Å². The molecule has 29 heavy (non-hydrogen) atoms. The zero-order valence-electron chi connectivity index (χ0n) is 15.1. The summed E-state index contributed by atoms with van der Waals surface area (Å²) in [5.74, 6) is -0.481. The number of anilines is 1. The minimum atomic E-state index is -0.598. The molecule has 0 bridgehead atoms. The molecule has 146 valence electrons. The number of ether oxygens (including phenoxy) is 1. The summed E-state index contributed by atoms with van der Waals surface area (Å²) < 4.78 is 24.0. The Morgan fingerprint density at radius 2 is 2.14 bits per heavy atom. The van der Waals surface area contributed by atoms with E-state index in [9.17, 15) is 14.0 Å². The number of hydrogen-bond donors (Lipinski definition) is 2. The van der Waals surface area contributed by atoms with Crippen LogP contribution in [0.5, 0.6) is 5.75 Å². The van der Waals surface area contributed by atoms with Gasteiger partial charge in [-0.05, 0) is 42.5 Å². The van der Waals surface area contributed by atoms with Gasteiger partial charge in [-0.25, -0.2) is 9.37 Å². The fourth-order valence-corrected chi connectivity index (χ4v) is 3.40. The predicted molar refractivity (Wildman–Crippen MR) is 107 cm³/mol. The van der Waals surface area contributed by atoms with Crippen molar-refractivity contribution >= 4 is 22.4 Å². The number of methoxy groups -OCH3 is 1. The van der Waals surface area contributed by atoms with Crippen LogP contribution in [0.1, 0.15) is 10.4 Å². The van der Waals surface area contributed by atoms with Gasteiger partial charge in [0.05, 0.1) is 24.8 Å². The van der Waals surface area contributed by atoms with E-state index in [2.05, 4.69) is 15.3 Å². The molecule has 1 amide bonds. The molecule has 2 N–H and O–H groups in total. The van der Waals surface area contributed by atoms with Crippen LogP contribution >= 0.6 is 11.3 Å². The number of carbonyl (C=O) groups excluding carboxylic acids is 1. The number of aromatic nitrogens is 2. The molecule has 0 unspecified atom stereocenters. The van der Waals surface area contributed by atoms with E-state index in [-0.39, 0.29) is 16.4 Å². The lowest BCUT2D eigenvalue weighted by atomic mass is 10.1. The Kier molecular flexibility index (Phi) is 4.96. The van der Waals surface area contributed by atoms with E-state index in [0.29, 0.717) is 22.7 Å². The number of carbonyl (C=O) groups is 1. The van der Waals surface area contributed by atoms with Crippen LogP contribution in [-0.2, 0) is 0 Å². The van der Waals surface area contributed by atoms with Crippen molar-refractivity contribution in [3.63, 3.8) is 0 Å². The molecule has 0 fully saturated rings. The number of furan rings is 1. The monoisotopic (exact) mass is 411 g/mol. The van der Waals surface area contributed by atoms with Crippen molar-refractivity contribution in [2.75, 3.05) is 12.4 Å². The molecule has 0 saturated carbocycles. The van der Waals surface area contributed by atoms with Gasteiger partial charge in [0.15, 0.2) is 16.7 Å². The number of nitrogens with one attached hydrogen (secondary N) is 2. The van der Waals surface area contributed by atoms with Gasteiger partial charge in [-0.1, -0.05) is 0 Å². The molecule has 0 atom stereocenters. The van der Waals surface area contributed by atoms with Crippen molar-refractivity contribution in [3.05, 3.63) is 75.8 Å². The van der Waals surface area contributed by atoms with Gasteiger partial charge in [0.1, 0.15) is 11.3 Å². The smallest absolute Gasteiger partial charge is 0.263 e. The average Bonchev–Trinajstić information content (AvgIpc) is 3.40. The lowest BCUT2D eigenvalue weighted by Gasteiger charge is -2.04. The SMILES string of the molecule is COc1ccc(-c2csc(NC(=O)c3ccc(-c4ccco4)[nH]c3=O)n2)cc1F. The fraction of sp³-hybridized carbons (Fsp3) is 0.0500. The first-order valence-electron chi connectivity index (χ1n) is 8.43. The zero-order valence-corrected chi connectivity index (χ0v) is 15.9. The minimum Gasteiger partial charge on any atom is -0.494 e. The normalized spacial score (nSPS) is 10.7. The van der Waals surface area contributed by atoms with Crippen LogP contribution in [-0.4, -0.2) is 23.0 Å². The highest BCUT2D eigenvalue weighted by Gasteiger charge is 2.15. The first-order chi connectivity index (χ1) is 14.0. The lowest BCUT2D eigenvalue weighted by Crippen LogP contribution is -2.23. The Morgan fingerprint density at radius 3 is 2.83 bits per heavy atom. The molecule has 0 spiro atoms. The van der Waals surface area contributed by atoms with Crippen LogP contribution in [0.4, 0.5) is 9.52 Å². The zero-order chi connectivity index (χ0) is 20.4. The Morgan fingerprint density at radius 1 is 1.28 bits per heavy atom. The number of nitrogens with zero attached hydrogens (tertiary/aromatic N) is 1. The van der Waals surface area contributed by atoms with Crippen LogP contribution in [0.15, 0.2) is 63.3 Å². The maximum atomic E-state index is 13.9. The molecule has 1 aromatic carbocycles. The van der Waals surface area contributed by atoms with E-state index in [1.807, 2.05) is 0 Å². The van der Waals surface area contributed by atoms with Crippen LogP contribution in [0.3, 0.4) is 0 Å². The van der Waals surface area contributed by atoms with E-state index in [1.165, 1.54) is 42.9 Å². The van der Waals surface area contributed by atoms with Crippen LogP contribution in [0.2, 0.25) is 0 Å². The van der Waals surface area contributed by atoms with Crippen LogP contribution in [0.25, 0.3) is 22.7 Å². The van der Waals surface area contributed by atoms with E-state index in [4.69, 9.17) is 9.15 Å². The van der Waals surface area contributed by atoms with Crippen molar-refractivity contribution in [1.82, 2.24) is 9.97 Å². The summed E-state index contributed by atoms with van der Waals surface area (Å²) >= 11 is 1.17. The van der Waals surface area contributed by atoms with Crippen molar-refractivity contribution in [1.29, 1.82) is 0 Å². The average molecular weight is 411 g/mol. The third-order valence-electron chi connectivity index (χ3n) is 4.11. The molecule has 4 rings (SSSR count). The van der Waals surface area contributed by atoms with Gasteiger partial charge < -0.3 is 14.1 Å². The topological polar surface area (TPSA) is 97.2 Å². The lowest BCUT2D eigenvalue weighted by molar-refractivity contribution is 0.102. The summed E-state index contributed by atoms with van der Waals surface area (Å²) in [4.78, 5) is 31.6. The van der Waals surface area contributed by atoms with E-state index >= 15 is 0 Å². The Hall–Kier alpha value is -3.72. The molecule has 9 heteroatoms. The second-order valence-electron chi connectivity index (χ2n) is 5.93. The fourth-order valence-electron chi connectivity index (χ4n) is 2.68. The summed E-state index contributed by atoms with van der Waals surface area (Å²) in [6.07, 6.45) is 1.49. The molecule has 7 nitrogen and oxygen atoms in total. The van der Waals surface area contributed by atoms with Crippen molar-refractivity contribution in [3.8, 4) is 28.5 Å². The number of rotatable bonds is 5. The second-order valence-corrected chi connectivity index (χ2v) is 6.79. The van der Waals surface area contributed by atoms with Crippen molar-refractivity contribution in [2.24, 2.45) is 0 Å². The number of benzene rings is 1. The minimum absolute atomic E-state index is 0.0625. The van der Waals surface area contributed by atoms with Gasteiger partial charge in [-0.3, -0.25) is 14.9 Å². The Labute approximate surface area is 167 Å². The molecule has 0 radical (unpaired) electrons. The third kappa shape index (κ3) is 3.81. The molecule has 0 aliphatic rings. The number of pyridine rings is 1. The van der Waals surface area contributed by atoms with Gasteiger partial charge in [-0.2, -0.15) is 0 Å². The number of thiazole rings is 1. The van der Waals surface area contributed by atoms with Gasteiger partial charge in [0.2, 0.25) is 0 Å². The third-order valence-corrected chi connectivity index (χ3v) is 4.87. The largest absolute Gasteiger partial charge is 0.494 e. The molecule has 3 aromatic heterocycles. The molecule has 0 saturated heterocycles. The summed E-state index contributed by atoms with van der Waals surface area (Å²) in [6, 6.07) is 10.9. The van der Waals surface area contributed by atoms with Gasteiger partial charge >= 0.3 is 0 Å². The maximum absolute atomic E-state index is 13.9. The maximum Gasteiger partial charge on any atom is 0.263 e. The van der Waals surface area contributed by atoms with E-state index in [1.54, 1.807) is 29.6 Å². The highest BCUT2D eigenvalue weighted by Crippen LogP contribution is 2.28. The van der Waals surface area contributed by atoms with Crippen LogP contribution in [0, 0.1) is 5.82 Å². The Balaban J connectivity index is 1.52. The van der Waals surface area contributed by atoms with E-state index in [0.717, 1.165) is 0 Å². The molecular formula is C20H14FN3O4S. The summed E-state index contributed by atoms with van der Waals surface area (Å²) in [6.45, 7) is 0. The van der Waals surface area contributed by atoms with E-state index < -0.39 is 17.3 Å². The molecule has 4 aromatic rings. The second kappa shape index (κ2) is 7.72. The number of hydrogen-bond acceptors (Lipinski definition) is 6. The molecule has 3 heterocycles. The summed E-state index contributed by atoms with van der Waals surface area (Å²) in [5, 5.41) is 4.56. The quantitative estimate of drug-likeness (QED) is 0.514. The molecular weight excluding hydrogens is 397 g/mol. The first-order valence-corrected chi connectivity index (χ1v) is 9.31. The van der Waals surface area contributed by atoms with Gasteiger partial charge in [0.25, 0.3) is 11.5 Å². The first kappa shape index (κ1) is 18.6. The number of H-pyrrole nitrogens is 1. The van der Waals surface area contributed by atoms with Gasteiger partial charge in [-0.15, -0.1) is 11.3 Å². The summed E-state index contributed by atoms with van der Waals surface area (Å²) in [5.41, 5.74) is 0.891. The highest BCUT2D eigenvalue weighted by molar-refractivity contribution is 7.14. The standard InChI is InChI=1S/C20H14FN3O4S/c1-27-16-7-4-11(9-13(16)21)15-10-29-20(23-15)24-19(26)12-5-6-14(22-18(12)25)17-3-2-8-28-17/h2-10H,1H3,(H,22,25)(H,23,24,26). The molecule has 0 aliphatic carbocycles. The highest BCUT2D eigenvalue weighted by atomic mass is 32.1. The summed E-state index contributed by atoms with van der Waals surface area (Å²) in [7, 11) is 1.39. The molecule has 0 aliphatic heterocycles. The Bertz CT molecular complexity index is 1230. The number of halogens is 1. The van der Waals surface area contributed by atoms with Gasteiger partial charge in [0, 0.05) is 10.9 Å². The predicted octanol–water partition coefficient (Wildman–Crippen LogP) is 4.16.